The van der Waals surface area contributed by atoms with Crippen molar-refractivity contribution in [2.75, 3.05) is 26.0 Å². The molecule has 1 N–H and O–H groups in total. The van der Waals surface area contributed by atoms with E-state index in [-0.39, 0.29) is 0 Å². The minimum absolute atomic E-state index is 0.448. The third-order valence-corrected chi connectivity index (χ3v) is 3.86. The molecule has 1 heterocycles. The van der Waals surface area contributed by atoms with Crippen molar-refractivity contribution in [3.8, 4) is 11.4 Å². The van der Waals surface area contributed by atoms with E-state index in [4.69, 9.17) is 0 Å². The third kappa shape index (κ3) is 4.82. The van der Waals surface area contributed by atoms with E-state index in [0.717, 1.165) is 18.7 Å². The molecule has 27 heavy (non-hydrogen) atoms. The Bertz CT molecular complexity index is 887. The molecular weight excluding hydrogens is 357 g/mol. The Labute approximate surface area is 154 Å². The van der Waals surface area contributed by atoms with Gasteiger partial charge in [0.15, 0.2) is 0 Å². The van der Waals surface area contributed by atoms with E-state index in [2.05, 4.69) is 20.7 Å². The number of halogens is 3. The van der Waals surface area contributed by atoms with Crippen LogP contribution in [0.2, 0.25) is 0 Å². The smallest absolute Gasteiger partial charge is 0.355 e. The summed E-state index contributed by atoms with van der Waals surface area (Å²) in [6, 6.07) is 12.2. The summed E-state index contributed by atoms with van der Waals surface area (Å²) in [5.41, 5.74) is 1.25. The van der Waals surface area contributed by atoms with Gasteiger partial charge in [-0.25, -0.2) is 0 Å². The maximum absolute atomic E-state index is 12.7. The second kappa shape index (κ2) is 7.75. The first kappa shape index (κ1) is 18.8. The molecular formula is C18H19F3N6. The molecule has 1 aromatic heterocycles. The van der Waals surface area contributed by atoms with E-state index in [1.165, 1.54) is 16.9 Å². The van der Waals surface area contributed by atoms with Crippen molar-refractivity contribution in [3.63, 3.8) is 0 Å². The molecule has 0 aliphatic heterocycles. The number of alkyl halides is 3. The first-order valence-corrected chi connectivity index (χ1v) is 8.29. The molecule has 0 radical (unpaired) electrons. The molecule has 0 fully saturated rings. The summed E-state index contributed by atoms with van der Waals surface area (Å²) < 4.78 is 38.1. The summed E-state index contributed by atoms with van der Waals surface area (Å²) in [5.74, 6) is 0.448. The highest BCUT2D eigenvalue weighted by molar-refractivity contribution is 5.77. The van der Waals surface area contributed by atoms with Gasteiger partial charge in [-0.3, -0.25) is 0 Å². The highest BCUT2D eigenvalue weighted by atomic mass is 19.4. The molecule has 0 amide bonds. The normalized spacial score (nSPS) is 11.8. The summed E-state index contributed by atoms with van der Waals surface area (Å²) in [6.07, 6.45) is -4.36. The van der Waals surface area contributed by atoms with Crippen molar-refractivity contribution in [2.45, 2.75) is 12.7 Å². The van der Waals surface area contributed by atoms with Crippen molar-refractivity contribution >= 4 is 11.4 Å². The van der Waals surface area contributed by atoms with Crippen LogP contribution in [0.15, 0.2) is 48.5 Å². The highest BCUT2D eigenvalue weighted by Gasteiger charge is 2.29. The summed E-state index contributed by atoms with van der Waals surface area (Å²) >= 11 is 0. The number of hydrogen-bond acceptors (Lipinski definition) is 5. The maximum Gasteiger partial charge on any atom is 0.416 e. The zero-order valence-corrected chi connectivity index (χ0v) is 14.9. The number of aromatic nitrogens is 4. The van der Waals surface area contributed by atoms with Crippen LogP contribution in [-0.2, 0) is 12.7 Å². The predicted octanol–water partition coefficient (Wildman–Crippen LogP) is 3.66. The Kier molecular flexibility index (Phi) is 5.41. The molecule has 9 heteroatoms. The van der Waals surface area contributed by atoms with Crippen molar-refractivity contribution in [3.05, 3.63) is 54.1 Å². The first-order chi connectivity index (χ1) is 12.8. The molecule has 3 rings (SSSR count). The minimum Gasteiger partial charge on any atom is -0.355 e. The number of benzene rings is 2. The summed E-state index contributed by atoms with van der Waals surface area (Å²) in [7, 11) is 3.92. The van der Waals surface area contributed by atoms with Gasteiger partial charge in [-0.15, -0.1) is 10.2 Å². The van der Waals surface area contributed by atoms with Crippen molar-refractivity contribution in [1.82, 2.24) is 25.1 Å². The molecule has 0 aliphatic carbocycles. The Balaban J connectivity index is 1.80. The SMILES string of the molecule is CN(C)CCn1nnc(-c2ccccc2Nc2ccc(C(F)(F)F)cc2)n1. The second-order valence-corrected chi connectivity index (χ2v) is 6.26. The molecule has 6 nitrogen and oxygen atoms in total. The van der Waals surface area contributed by atoms with Crippen LogP contribution in [0.25, 0.3) is 11.4 Å². The number of tetrazole rings is 1. The van der Waals surface area contributed by atoms with Gasteiger partial charge in [-0.05, 0) is 55.7 Å². The van der Waals surface area contributed by atoms with E-state index in [1.807, 2.05) is 43.3 Å². The molecule has 0 spiro atoms. The lowest BCUT2D eigenvalue weighted by atomic mass is 10.1. The lowest BCUT2D eigenvalue weighted by Gasteiger charge is -2.11. The highest BCUT2D eigenvalue weighted by Crippen LogP contribution is 2.32. The molecule has 0 saturated heterocycles. The van der Waals surface area contributed by atoms with Gasteiger partial charge in [0.2, 0.25) is 5.82 Å². The molecule has 0 atom stereocenters. The lowest BCUT2D eigenvalue weighted by molar-refractivity contribution is -0.137. The molecule has 0 aliphatic rings. The van der Waals surface area contributed by atoms with Crippen molar-refractivity contribution in [2.24, 2.45) is 0 Å². The standard InChI is InChI=1S/C18H19F3N6/c1-26(2)11-12-27-24-17(23-25-27)15-5-3-4-6-16(15)22-14-9-7-13(8-10-14)18(19,20)21/h3-10,22H,11-12H2,1-2H3. The van der Waals surface area contributed by atoms with Crippen LogP contribution in [0.3, 0.4) is 0 Å². The summed E-state index contributed by atoms with van der Waals surface area (Å²) in [4.78, 5) is 3.54. The van der Waals surface area contributed by atoms with Crippen LogP contribution in [-0.4, -0.2) is 45.7 Å². The van der Waals surface area contributed by atoms with Crippen LogP contribution in [0.4, 0.5) is 24.5 Å². The number of nitrogens with zero attached hydrogens (tertiary/aromatic N) is 5. The number of rotatable bonds is 6. The van der Waals surface area contributed by atoms with E-state index in [1.54, 1.807) is 0 Å². The quantitative estimate of drug-likeness (QED) is 0.711. The molecule has 0 unspecified atom stereocenters. The number of para-hydroxylation sites is 1. The zero-order chi connectivity index (χ0) is 19.4. The van der Waals surface area contributed by atoms with Crippen LogP contribution < -0.4 is 5.32 Å². The number of nitrogens with one attached hydrogen (secondary N) is 1. The summed E-state index contributed by atoms with van der Waals surface area (Å²) in [5, 5.41) is 15.6. The van der Waals surface area contributed by atoms with Gasteiger partial charge in [-0.2, -0.15) is 18.0 Å². The molecule has 2 aromatic carbocycles. The van der Waals surface area contributed by atoms with Crippen molar-refractivity contribution < 1.29 is 13.2 Å². The molecule has 0 bridgehead atoms. The molecule has 3 aromatic rings. The van der Waals surface area contributed by atoms with Gasteiger partial charge >= 0.3 is 6.18 Å². The molecule has 142 valence electrons. The van der Waals surface area contributed by atoms with Gasteiger partial charge in [0.05, 0.1) is 12.1 Å². The van der Waals surface area contributed by atoms with Gasteiger partial charge in [0, 0.05) is 23.5 Å². The average Bonchev–Trinajstić information content (AvgIpc) is 3.09. The fourth-order valence-electron chi connectivity index (χ4n) is 2.42. The largest absolute Gasteiger partial charge is 0.416 e. The Morgan fingerprint density at radius 1 is 1.04 bits per heavy atom. The Morgan fingerprint density at radius 3 is 2.41 bits per heavy atom. The van der Waals surface area contributed by atoms with Crippen LogP contribution in [0.5, 0.6) is 0 Å². The first-order valence-electron chi connectivity index (χ1n) is 8.29. The number of likely N-dealkylation sites (N-methyl/N-ethyl adjacent to an activating group) is 1. The number of anilines is 2. The Hall–Kier alpha value is -2.94. The zero-order valence-electron chi connectivity index (χ0n) is 14.9. The predicted molar refractivity (Wildman–Crippen MR) is 96.5 cm³/mol. The second-order valence-electron chi connectivity index (χ2n) is 6.26. The van der Waals surface area contributed by atoms with E-state index in [9.17, 15) is 13.2 Å². The van der Waals surface area contributed by atoms with Crippen LogP contribution in [0, 0.1) is 0 Å². The summed E-state index contributed by atoms with van der Waals surface area (Å²) in [6.45, 7) is 1.38. The lowest BCUT2D eigenvalue weighted by Crippen LogP contribution is -2.19. The average molecular weight is 376 g/mol. The van der Waals surface area contributed by atoms with E-state index < -0.39 is 11.7 Å². The fraction of sp³-hybridized carbons (Fsp3) is 0.278. The molecule has 0 saturated carbocycles. The number of hydrogen-bond donors (Lipinski definition) is 1. The topological polar surface area (TPSA) is 58.9 Å². The van der Waals surface area contributed by atoms with Gasteiger partial charge in [-0.1, -0.05) is 12.1 Å². The maximum atomic E-state index is 12.7. The van der Waals surface area contributed by atoms with E-state index in [0.29, 0.717) is 29.3 Å². The van der Waals surface area contributed by atoms with Gasteiger partial charge in [0.1, 0.15) is 0 Å². The monoisotopic (exact) mass is 376 g/mol. The third-order valence-electron chi connectivity index (χ3n) is 3.86. The Morgan fingerprint density at radius 2 is 1.74 bits per heavy atom. The van der Waals surface area contributed by atoms with Crippen LogP contribution in [0.1, 0.15) is 5.56 Å². The van der Waals surface area contributed by atoms with Gasteiger partial charge in [0.25, 0.3) is 0 Å². The fourth-order valence-corrected chi connectivity index (χ4v) is 2.42. The minimum atomic E-state index is -4.36. The van der Waals surface area contributed by atoms with Gasteiger partial charge < -0.3 is 10.2 Å². The van der Waals surface area contributed by atoms with Crippen LogP contribution >= 0.6 is 0 Å². The van der Waals surface area contributed by atoms with E-state index >= 15 is 0 Å². The van der Waals surface area contributed by atoms with Crippen molar-refractivity contribution in [1.29, 1.82) is 0 Å².